The van der Waals surface area contributed by atoms with Crippen LogP contribution in [0.3, 0.4) is 0 Å². The molecule has 0 aliphatic carbocycles. The largest absolute Gasteiger partial charge is 0.381 e. The van der Waals surface area contributed by atoms with Crippen LogP contribution in [0.5, 0.6) is 0 Å². The van der Waals surface area contributed by atoms with E-state index >= 15 is 0 Å². The Morgan fingerprint density at radius 3 is 2.62 bits per heavy atom. The quantitative estimate of drug-likeness (QED) is 0.762. The highest BCUT2D eigenvalue weighted by atomic mass is 35.5. The third kappa shape index (κ3) is 1.85. The number of nitrogens with two attached hydrogens (primary N) is 1. The number of anilines is 1. The monoisotopic (exact) mass is 210 g/mol. The molecule has 0 bridgehead atoms. The summed E-state index contributed by atoms with van der Waals surface area (Å²) in [4.78, 5) is 3.27. The van der Waals surface area contributed by atoms with Crippen LogP contribution >= 0.6 is 11.6 Å². The first-order valence-corrected chi connectivity index (χ1v) is 3.88. The summed E-state index contributed by atoms with van der Waals surface area (Å²) in [7, 11) is 0. The number of hydrogen-bond donors (Lipinski definition) is 1. The molecule has 1 aromatic heterocycles. The van der Waals surface area contributed by atoms with Crippen molar-refractivity contribution in [3.8, 4) is 0 Å². The minimum Gasteiger partial charge on any atom is -0.381 e. The Morgan fingerprint density at radius 1 is 1.54 bits per heavy atom. The van der Waals surface area contributed by atoms with Gasteiger partial charge in [0, 0.05) is 17.3 Å². The van der Waals surface area contributed by atoms with E-state index in [1.165, 1.54) is 0 Å². The molecule has 6 heteroatoms. The molecule has 1 heterocycles. The zero-order valence-corrected chi connectivity index (χ0v) is 7.15. The Hall–Kier alpha value is -0.970. The SMILES string of the molecule is Nc1ncc(C(F)F)c(CCl)c1F. The summed E-state index contributed by atoms with van der Waals surface area (Å²) in [6.45, 7) is 0. The summed E-state index contributed by atoms with van der Waals surface area (Å²) in [6, 6.07) is 0. The zero-order valence-electron chi connectivity index (χ0n) is 6.40. The van der Waals surface area contributed by atoms with Gasteiger partial charge in [0.05, 0.1) is 5.88 Å². The van der Waals surface area contributed by atoms with Crippen molar-refractivity contribution in [1.29, 1.82) is 0 Å². The van der Waals surface area contributed by atoms with Crippen molar-refractivity contribution in [2.24, 2.45) is 0 Å². The lowest BCUT2D eigenvalue weighted by atomic mass is 10.1. The second-order valence-corrected chi connectivity index (χ2v) is 2.59. The van der Waals surface area contributed by atoms with Crippen LogP contribution in [0.2, 0.25) is 0 Å². The Balaban J connectivity index is 3.30. The number of aromatic nitrogens is 1. The number of halogens is 4. The van der Waals surface area contributed by atoms with Gasteiger partial charge in [-0.05, 0) is 0 Å². The molecule has 0 fully saturated rings. The van der Waals surface area contributed by atoms with Crippen LogP contribution in [0, 0.1) is 5.82 Å². The summed E-state index contributed by atoms with van der Waals surface area (Å²) in [6.07, 6.45) is -1.96. The Labute approximate surface area is 77.5 Å². The van der Waals surface area contributed by atoms with Crippen molar-refractivity contribution in [1.82, 2.24) is 4.98 Å². The molecule has 0 atom stereocenters. The summed E-state index contributed by atoms with van der Waals surface area (Å²) >= 11 is 5.30. The second kappa shape index (κ2) is 3.83. The van der Waals surface area contributed by atoms with Gasteiger partial charge in [0.1, 0.15) is 0 Å². The van der Waals surface area contributed by atoms with E-state index in [1.807, 2.05) is 0 Å². The van der Waals surface area contributed by atoms with E-state index in [2.05, 4.69) is 4.98 Å². The number of hydrogen-bond acceptors (Lipinski definition) is 2. The molecule has 0 saturated heterocycles. The average molecular weight is 211 g/mol. The molecule has 72 valence electrons. The van der Waals surface area contributed by atoms with Crippen LogP contribution in [0.1, 0.15) is 17.6 Å². The molecule has 0 radical (unpaired) electrons. The highest BCUT2D eigenvalue weighted by molar-refractivity contribution is 6.17. The lowest BCUT2D eigenvalue weighted by Gasteiger charge is -2.07. The van der Waals surface area contributed by atoms with Gasteiger partial charge >= 0.3 is 0 Å². The standard InChI is InChI=1S/C7H6ClF3N2/c8-1-3-4(6(10)11)2-13-7(12)5(3)9/h2,6H,1H2,(H2,12,13). The smallest absolute Gasteiger partial charge is 0.265 e. The fourth-order valence-corrected chi connectivity index (χ4v) is 1.15. The highest BCUT2D eigenvalue weighted by Gasteiger charge is 2.18. The first-order chi connectivity index (χ1) is 6.07. The molecule has 1 rings (SSSR count). The van der Waals surface area contributed by atoms with Crippen molar-refractivity contribution >= 4 is 17.4 Å². The molecule has 0 aromatic carbocycles. The van der Waals surface area contributed by atoms with Crippen molar-refractivity contribution in [2.45, 2.75) is 12.3 Å². The van der Waals surface area contributed by atoms with Crippen molar-refractivity contribution in [2.75, 3.05) is 5.73 Å². The number of alkyl halides is 3. The Bertz CT molecular complexity index is 317. The predicted molar refractivity (Wildman–Crippen MR) is 43.1 cm³/mol. The van der Waals surface area contributed by atoms with Gasteiger partial charge in [-0.2, -0.15) is 0 Å². The summed E-state index contributed by atoms with van der Waals surface area (Å²) in [5.41, 5.74) is 4.28. The molecular formula is C7H6ClF3N2. The molecule has 2 N–H and O–H groups in total. The van der Waals surface area contributed by atoms with E-state index in [1.54, 1.807) is 0 Å². The highest BCUT2D eigenvalue weighted by Crippen LogP contribution is 2.27. The topological polar surface area (TPSA) is 38.9 Å². The van der Waals surface area contributed by atoms with Crippen LogP contribution in [0.15, 0.2) is 6.20 Å². The number of pyridine rings is 1. The van der Waals surface area contributed by atoms with Crippen molar-refractivity contribution in [3.63, 3.8) is 0 Å². The number of rotatable bonds is 2. The van der Waals surface area contributed by atoms with E-state index in [-0.39, 0.29) is 11.4 Å². The van der Waals surface area contributed by atoms with Gasteiger partial charge in [-0.1, -0.05) is 0 Å². The van der Waals surface area contributed by atoms with E-state index in [0.717, 1.165) is 6.20 Å². The van der Waals surface area contributed by atoms with E-state index in [9.17, 15) is 13.2 Å². The lowest BCUT2D eigenvalue weighted by molar-refractivity contribution is 0.149. The minimum atomic E-state index is -2.80. The second-order valence-electron chi connectivity index (χ2n) is 2.33. The number of nitrogens with zero attached hydrogens (tertiary/aromatic N) is 1. The van der Waals surface area contributed by atoms with Crippen molar-refractivity contribution in [3.05, 3.63) is 23.1 Å². The average Bonchev–Trinajstić information content (AvgIpc) is 2.09. The van der Waals surface area contributed by atoms with Crippen LogP contribution in [0.25, 0.3) is 0 Å². The van der Waals surface area contributed by atoms with Gasteiger partial charge in [-0.3, -0.25) is 0 Å². The molecule has 13 heavy (non-hydrogen) atoms. The van der Waals surface area contributed by atoms with Gasteiger partial charge in [-0.25, -0.2) is 18.2 Å². The van der Waals surface area contributed by atoms with Gasteiger partial charge < -0.3 is 5.73 Å². The summed E-state index contributed by atoms with van der Waals surface area (Å²) < 4.78 is 37.5. The van der Waals surface area contributed by atoms with Gasteiger partial charge in [0.2, 0.25) is 0 Å². The maximum Gasteiger partial charge on any atom is 0.265 e. The lowest BCUT2D eigenvalue weighted by Crippen LogP contribution is -2.03. The minimum absolute atomic E-state index is 0.288. The van der Waals surface area contributed by atoms with Crippen LogP contribution in [-0.2, 0) is 5.88 Å². The van der Waals surface area contributed by atoms with E-state index < -0.39 is 23.6 Å². The third-order valence-electron chi connectivity index (χ3n) is 1.55. The molecule has 0 spiro atoms. The van der Waals surface area contributed by atoms with Gasteiger partial charge in [0.25, 0.3) is 6.43 Å². The third-order valence-corrected chi connectivity index (χ3v) is 1.82. The normalized spacial score (nSPS) is 10.8. The zero-order chi connectivity index (χ0) is 10.0. The molecule has 0 aliphatic rings. The van der Waals surface area contributed by atoms with Crippen LogP contribution in [-0.4, -0.2) is 4.98 Å². The molecule has 0 saturated carbocycles. The predicted octanol–water partition coefficient (Wildman–Crippen LogP) is 2.48. The number of nitrogen functional groups attached to an aromatic ring is 1. The molecule has 1 aromatic rings. The Kier molecular flexibility index (Phi) is 2.98. The molecule has 0 unspecified atom stereocenters. The fourth-order valence-electron chi connectivity index (χ4n) is 0.879. The maximum atomic E-state index is 13.0. The molecule has 2 nitrogen and oxygen atoms in total. The fraction of sp³-hybridized carbons (Fsp3) is 0.286. The molecular weight excluding hydrogens is 205 g/mol. The van der Waals surface area contributed by atoms with Crippen LogP contribution in [0.4, 0.5) is 19.0 Å². The van der Waals surface area contributed by atoms with Gasteiger partial charge in [-0.15, -0.1) is 11.6 Å². The Morgan fingerprint density at radius 2 is 2.15 bits per heavy atom. The first kappa shape index (κ1) is 10.1. The molecule has 0 amide bonds. The summed E-state index contributed by atoms with van der Waals surface area (Å²) in [5.74, 6) is -1.73. The van der Waals surface area contributed by atoms with E-state index in [4.69, 9.17) is 17.3 Å². The van der Waals surface area contributed by atoms with E-state index in [0.29, 0.717) is 0 Å². The summed E-state index contributed by atoms with van der Waals surface area (Å²) in [5, 5.41) is 0. The van der Waals surface area contributed by atoms with Crippen molar-refractivity contribution < 1.29 is 13.2 Å². The first-order valence-electron chi connectivity index (χ1n) is 3.34. The maximum absolute atomic E-state index is 13.0. The molecule has 0 aliphatic heterocycles. The van der Waals surface area contributed by atoms with Crippen LogP contribution < -0.4 is 5.73 Å². The van der Waals surface area contributed by atoms with Gasteiger partial charge in [0.15, 0.2) is 11.6 Å².